The highest BCUT2D eigenvalue weighted by molar-refractivity contribution is 5.96. The number of fused-ring (bicyclic) bond motifs is 3. The Labute approximate surface area is 160 Å². The number of benzene rings is 1. The van der Waals surface area contributed by atoms with Gasteiger partial charge >= 0.3 is 0 Å². The van der Waals surface area contributed by atoms with Crippen molar-refractivity contribution < 1.29 is 9.26 Å². The van der Waals surface area contributed by atoms with E-state index >= 15 is 0 Å². The van der Waals surface area contributed by atoms with Crippen molar-refractivity contribution >= 4 is 16.4 Å². The lowest BCUT2D eigenvalue weighted by atomic mass is 10.2. The van der Waals surface area contributed by atoms with Crippen LogP contribution in [-0.2, 0) is 0 Å². The van der Waals surface area contributed by atoms with Crippen LogP contribution in [-0.4, -0.2) is 38.1 Å². The second-order valence-corrected chi connectivity index (χ2v) is 6.14. The van der Waals surface area contributed by atoms with Crippen molar-refractivity contribution in [2.75, 3.05) is 13.2 Å². The molecule has 0 atom stereocenters. The minimum Gasteiger partial charge on any atom is -0.476 e. The van der Waals surface area contributed by atoms with Crippen molar-refractivity contribution in [2.24, 2.45) is 10.2 Å². The number of allylic oxidation sites excluding steroid dienone is 1. The van der Waals surface area contributed by atoms with Gasteiger partial charge < -0.3 is 9.26 Å². The molecule has 0 spiro atoms. The quantitative estimate of drug-likeness (QED) is 0.535. The molecule has 3 aromatic heterocycles. The van der Waals surface area contributed by atoms with Gasteiger partial charge in [0.2, 0.25) is 11.7 Å². The number of ether oxygens (including phenoxy) is 1. The van der Waals surface area contributed by atoms with E-state index in [-0.39, 0.29) is 0 Å². The molecule has 0 N–H and O–H groups in total. The second kappa shape index (κ2) is 7.55. The summed E-state index contributed by atoms with van der Waals surface area (Å²) in [7, 11) is 0. The molecule has 0 saturated carbocycles. The number of rotatable bonds is 3. The molecule has 1 aliphatic rings. The SMILES string of the molecule is CC1=CCN=N1.CCOc1nn2c(-c3cc(C)on3)nnc2c2ccccc12. The Bertz CT molecular complexity index is 1190. The van der Waals surface area contributed by atoms with Crippen LogP contribution >= 0.6 is 0 Å². The largest absolute Gasteiger partial charge is 0.476 e. The fourth-order valence-electron chi connectivity index (χ4n) is 2.79. The van der Waals surface area contributed by atoms with Gasteiger partial charge in [0.05, 0.1) is 18.8 Å². The molecule has 1 aliphatic heterocycles. The average molecular weight is 377 g/mol. The van der Waals surface area contributed by atoms with E-state index in [0.29, 0.717) is 35.4 Å². The normalized spacial score (nSPS) is 12.9. The molecule has 5 rings (SSSR count). The molecule has 0 fully saturated rings. The summed E-state index contributed by atoms with van der Waals surface area (Å²) >= 11 is 0. The van der Waals surface area contributed by atoms with Gasteiger partial charge in [-0.25, -0.2) is 0 Å². The lowest BCUT2D eigenvalue weighted by molar-refractivity contribution is 0.326. The number of hydrogen-bond donors (Lipinski definition) is 0. The minimum atomic E-state index is 0.526. The van der Waals surface area contributed by atoms with Gasteiger partial charge in [-0.1, -0.05) is 23.4 Å². The maximum Gasteiger partial charge on any atom is 0.239 e. The molecule has 0 amide bonds. The average Bonchev–Trinajstić information content (AvgIpc) is 3.44. The lowest BCUT2D eigenvalue weighted by Gasteiger charge is -2.07. The molecule has 9 nitrogen and oxygen atoms in total. The topological polar surface area (TPSA) is 103 Å². The summed E-state index contributed by atoms with van der Waals surface area (Å²) in [5.74, 6) is 1.78. The molecule has 0 bridgehead atoms. The van der Waals surface area contributed by atoms with Gasteiger partial charge in [-0.3, -0.25) is 0 Å². The van der Waals surface area contributed by atoms with Gasteiger partial charge in [-0.15, -0.1) is 15.3 Å². The molecular weight excluding hydrogens is 358 g/mol. The zero-order chi connectivity index (χ0) is 19.5. The highest BCUT2D eigenvalue weighted by atomic mass is 16.5. The van der Waals surface area contributed by atoms with Crippen molar-refractivity contribution in [3.8, 4) is 17.4 Å². The molecule has 1 aromatic carbocycles. The van der Waals surface area contributed by atoms with Crippen molar-refractivity contribution in [3.05, 3.63) is 47.9 Å². The Balaban J connectivity index is 0.000000275. The van der Waals surface area contributed by atoms with Crippen LogP contribution in [0.25, 0.3) is 27.9 Å². The summed E-state index contributed by atoms with van der Waals surface area (Å²) in [5.41, 5.74) is 2.29. The predicted molar refractivity (Wildman–Crippen MR) is 103 cm³/mol. The summed E-state index contributed by atoms with van der Waals surface area (Å²) in [6.45, 7) is 7.01. The van der Waals surface area contributed by atoms with Gasteiger partial charge in [-0.2, -0.15) is 14.7 Å². The first-order valence-electron chi connectivity index (χ1n) is 8.92. The lowest BCUT2D eigenvalue weighted by Crippen LogP contribution is -2.02. The van der Waals surface area contributed by atoms with Gasteiger partial charge in [0.15, 0.2) is 11.3 Å². The van der Waals surface area contributed by atoms with E-state index in [1.54, 1.807) is 10.6 Å². The Morgan fingerprint density at radius 2 is 1.96 bits per heavy atom. The molecule has 0 radical (unpaired) electrons. The van der Waals surface area contributed by atoms with E-state index < -0.39 is 0 Å². The molecular formula is C19H19N7O2. The summed E-state index contributed by atoms with van der Waals surface area (Å²) in [5, 5.41) is 26.2. The van der Waals surface area contributed by atoms with Crippen molar-refractivity contribution in [1.82, 2.24) is 25.0 Å². The number of nitrogens with zero attached hydrogens (tertiary/aromatic N) is 7. The molecule has 28 heavy (non-hydrogen) atoms. The Morgan fingerprint density at radius 3 is 2.57 bits per heavy atom. The molecule has 142 valence electrons. The fraction of sp³-hybridized carbons (Fsp3) is 0.263. The fourth-order valence-corrected chi connectivity index (χ4v) is 2.79. The van der Waals surface area contributed by atoms with Crippen molar-refractivity contribution in [1.29, 1.82) is 0 Å². The van der Waals surface area contributed by atoms with E-state index in [0.717, 1.165) is 23.0 Å². The standard InChI is InChI=1S/C15H13N5O2.C4H6N2/c1-3-21-15-11-7-5-4-6-10(11)13-16-17-14(20(13)18-15)12-8-9(2)22-19-12;1-4-2-3-5-6-4/h4-8H,3H2,1-2H3;2H,3H2,1H3. The third-order valence-electron chi connectivity index (χ3n) is 4.06. The first-order valence-corrected chi connectivity index (χ1v) is 8.92. The minimum absolute atomic E-state index is 0.526. The Hall–Kier alpha value is -3.62. The molecule has 0 unspecified atom stereocenters. The van der Waals surface area contributed by atoms with Gasteiger partial charge in [0.1, 0.15) is 5.76 Å². The molecule has 9 heteroatoms. The second-order valence-electron chi connectivity index (χ2n) is 6.14. The number of aryl methyl sites for hydroxylation is 1. The van der Waals surface area contributed by atoms with Gasteiger partial charge in [0.25, 0.3) is 0 Å². The van der Waals surface area contributed by atoms with E-state index in [1.165, 1.54) is 0 Å². The zero-order valence-electron chi connectivity index (χ0n) is 15.8. The highest BCUT2D eigenvalue weighted by Gasteiger charge is 2.17. The van der Waals surface area contributed by atoms with Gasteiger partial charge in [-0.05, 0) is 32.9 Å². The van der Waals surface area contributed by atoms with Crippen LogP contribution in [0.2, 0.25) is 0 Å². The van der Waals surface area contributed by atoms with E-state index in [2.05, 4.69) is 30.7 Å². The zero-order valence-corrected chi connectivity index (χ0v) is 15.8. The third kappa shape index (κ3) is 3.34. The van der Waals surface area contributed by atoms with Crippen LogP contribution in [0.15, 0.2) is 56.9 Å². The summed E-state index contributed by atoms with van der Waals surface area (Å²) in [6.07, 6.45) is 1.99. The molecule has 4 aromatic rings. The van der Waals surface area contributed by atoms with Crippen LogP contribution in [0.3, 0.4) is 0 Å². The molecule has 0 saturated heterocycles. The number of azo groups is 1. The smallest absolute Gasteiger partial charge is 0.239 e. The van der Waals surface area contributed by atoms with E-state index in [9.17, 15) is 0 Å². The number of hydrogen-bond acceptors (Lipinski definition) is 8. The predicted octanol–water partition coefficient (Wildman–Crippen LogP) is 4.00. The van der Waals surface area contributed by atoms with Gasteiger partial charge in [0, 0.05) is 16.8 Å². The summed E-state index contributed by atoms with van der Waals surface area (Å²) in [4.78, 5) is 0. The van der Waals surface area contributed by atoms with Crippen molar-refractivity contribution in [3.63, 3.8) is 0 Å². The maximum absolute atomic E-state index is 5.66. The molecule has 4 heterocycles. The van der Waals surface area contributed by atoms with E-state index in [1.807, 2.05) is 51.1 Å². The monoisotopic (exact) mass is 377 g/mol. The maximum atomic E-state index is 5.66. The Morgan fingerprint density at radius 1 is 1.14 bits per heavy atom. The van der Waals surface area contributed by atoms with Crippen LogP contribution in [0.5, 0.6) is 5.88 Å². The summed E-state index contributed by atoms with van der Waals surface area (Å²) < 4.78 is 12.4. The Kier molecular flexibility index (Phi) is 4.79. The van der Waals surface area contributed by atoms with Crippen LogP contribution in [0, 0.1) is 6.92 Å². The van der Waals surface area contributed by atoms with Crippen LogP contribution in [0.1, 0.15) is 19.6 Å². The summed E-state index contributed by atoms with van der Waals surface area (Å²) in [6, 6.07) is 9.63. The van der Waals surface area contributed by atoms with E-state index in [4.69, 9.17) is 9.26 Å². The molecule has 0 aliphatic carbocycles. The first-order chi connectivity index (χ1) is 13.7. The van der Waals surface area contributed by atoms with Crippen LogP contribution in [0.4, 0.5) is 0 Å². The number of aromatic nitrogens is 5. The third-order valence-corrected chi connectivity index (χ3v) is 4.06. The first kappa shape index (κ1) is 17.8. The van der Waals surface area contributed by atoms with Crippen LogP contribution < -0.4 is 4.74 Å². The highest BCUT2D eigenvalue weighted by Crippen LogP contribution is 2.28. The van der Waals surface area contributed by atoms with Crippen molar-refractivity contribution in [2.45, 2.75) is 20.8 Å².